The fourth-order valence-corrected chi connectivity index (χ4v) is 1.79. The van der Waals surface area contributed by atoms with Gasteiger partial charge in [0, 0.05) is 19.8 Å². The van der Waals surface area contributed by atoms with Crippen molar-refractivity contribution in [3.63, 3.8) is 0 Å². The molecule has 8 heteroatoms. The maximum atomic E-state index is 13.2. The number of methoxy groups -OCH3 is 2. The zero-order valence-electron chi connectivity index (χ0n) is 11.3. The maximum absolute atomic E-state index is 13.2. The second-order valence-corrected chi connectivity index (χ2v) is 4.23. The van der Waals surface area contributed by atoms with Gasteiger partial charge in [-0.05, 0) is 28.6 Å². The molecule has 1 unspecified atom stereocenters. The Balaban J connectivity index is 2.25. The predicted molar refractivity (Wildman–Crippen MR) is 70.3 cm³/mol. The predicted octanol–water partition coefficient (Wildman–Crippen LogP) is 0.723. The van der Waals surface area contributed by atoms with Crippen molar-refractivity contribution >= 4 is 5.69 Å². The van der Waals surface area contributed by atoms with Gasteiger partial charge in [0.15, 0.2) is 5.82 Å². The van der Waals surface area contributed by atoms with Crippen LogP contribution in [0.3, 0.4) is 0 Å². The monoisotopic (exact) mass is 281 g/mol. The van der Waals surface area contributed by atoms with Gasteiger partial charge in [-0.2, -0.15) is 0 Å². The highest BCUT2D eigenvalue weighted by Gasteiger charge is 2.15. The molecule has 20 heavy (non-hydrogen) atoms. The molecule has 2 rings (SSSR count). The van der Waals surface area contributed by atoms with E-state index in [-0.39, 0.29) is 11.8 Å². The van der Waals surface area contributed by atoms with Crippen molar-refractivity contribution in [1.82, 2.24) is 20.2 Å². The number of benzene rings is 1. The summed E-state index contributed by atoms with van der Waals surface area (Å²) in [5.41, 5.74) is 6.25. The molecule has 1 atom stereocenters. The van der Waals surface area contributed by atoms with Crippen LogP contribution in [0.25, 0.3) is 11.4 Å². The maximum Gasteiger partial charge on any atom is 0.182 e. The van der Waals surface area contributed by atoms with Crippen LogP contribution in [-0.4, -0.2) is 47.1 Å². The summed E-state index contributed by atoms with van der Waals surface area (Å²) in [4.78, 5) is 0. The molecule has 2 N–H and O–H groups in total. The Labute approximate surface area is 115 Å². The number of aromatic nitrogens is 4. The molecule has 2 aromatic rings. The van der Waals surface area contributed by atoms with E-state index < -0.39 is 5.82 Å². The second-order valence-electron chi connectivity index (χ2n) is 4.23. The van der Waals surface area contributed by atoms with E-state index in [0.29, 0.717) is 24.5 Å². The van der Waals surface area contributed by atoms with Crippen LogP contribution in [-0.2, 0) is 16.0 Å². The lowest BCUT2D eigenvalue weighted by molar-refractivity contribution is 0.0163. The van der Waals surface area contributed by atoms with Crippen LogP contribution in [0.1, 0.15) is 0 Å². The Morgan fingerprint density at radius 2 is 2.20 bits per heavy atom. The summed E-state index contributed by atoms with van der Waals surface area (Å²) in [6.45, 7) is 0.839. The summed E-state index contributed by atoms with van der Waals surface area (Å²) in [7, 11) is 3.18. The van der Waals surface area contributed by atoms with Gasteiger partial charge in [-0.1, -0.05) is 0 Å². The van der Waals surface area contributed by atoms with Gasteiger partial charge in [0.25, 0.3) is 0 Å². The first-order valence-electron chi connectivity index (χ1n) is 5.99. The van der Waals surface area contributed by atoms with Crippen molar-refractivity contribution < 1.29 is 13.9 Å². The summed E-state index contributed by atoms with van der Waals surface area (Å²) in [6, 6.07) is 4.36. The van der Waals surface area contributed by atoms with Crippen molar-refractivity contribution in [3.8, 4) is 11.4 Å². The summed E-state index contributed by atoms with van der Waals surface area (Å²) >= 11 is 0. The molecule has 0 aliphatic rings. The van der Waals surface area contributed by atoms with Crippen molar-refractivity contribution in [2.75, 3.05) is 26.6 Å². The van der Waals surface area contributed by atoms with Gasteiger partial charge < -0.3 is 15.2 Å². The summed E-state index contributed by atoms with van der Waals surface area (Å²) in [5.74, 6) is 0.0248. The van der Waals surface area contributed by atoms with Crippen LogP contribution in [0.15, 0.2) is 18.2 Å². The van der Waals surface area contributed by atoms with Gasteiger partial charge >= 0.3 is 0 Å². The van der Waals surface area contributed by atoms with Gasteiger partial charge in [-0.3, -0.25) is 0 Å². The number of halogens is 1. The van der Waals surface area contributed by atoms with E-state index in [1.165, 1.54) is 12.1 Å². The van der Waals surface area contributed by atoms with E-state index in [9.17, 15) is 4.39 Å². The van der Waals surface area contributed by atoms with Crippen molar-refractivity contribution in [2.45, 2.75) is 12.6 Å². The number of rotatable bonds is 6. The molecule has 1 aromatic heterocycles. The van der Waals surface area contributed by atoms with E-state index >= 15 is 0 Å². The topological polar surface area (TPSA) is 88.1 Å². The lowest BCUT2D eigenvalue weighted by Gasteiger charge is -2.14. The SMILES string of the molecule is COCC(Cn1nnnc1-c1ccc(F)c(N)c1)OC. The average Bonchev–Trinajstić information content (AvgIpc) is 2.89. The third-order valence-corrected chi connectivity index (χ3v) is 2.85. The first-order valence-corrected chi connectivity index (χ1v) is 5.99. The fraction of sp³-hybridized carbons (Fsp3) is 0.417. The molecular formula is C12H16FN5O2. The second kappa shape index (κ2) is 6.40. The highest BCUT2D eigenvalue weighted by molar-refractivity contribution is 5.61. The molecule has 0 saturated heterocycles. The molecule has 108 valence electrons. The minimum Gasteiger partial charge on any atom is -0.396 e. The third kappa shape index (κ3) is 3.09. The van der Waals surface area contributed by atoms with Gasteiger partial charge in [-0.15, -0.1) is 5.10 Å². The first-order chi connectivity index (χ1) is 9.65. The molecule has 0 saturated carbocycles. The van der Waals surface area contributed by atoms with Crippen molar-refractivity contribution in [2.24, 2.45) is 0 Å². The molecule has 1 heterocycles. The Kier molecular flexibility index (Phi) is 4.59. The van der Waals surface area contributed by atoms with Crippen LogP contribution >= 0.6 is 0 Å². The van der Waals surface area contributed by atoms with Gasteiger partial charge in [0.2, 0.25) is 0 Å². The van der Waals surface area contributed by atoms with Gasteiger partial charge in [0.05, 0.1) is 18.8 Å². The number of hydrogen-bond acceptors (Lipinski definition) is 6. The van der Waals surface area contributed by atoms with Crippen LogP contribution in [0.2, 0.25) is 0 Å². The van der Waals surface area contributed by atoms with Gasteiger partial charge in [0.1, 0.15) is 11.9 Å². The summed E-state index contributed by atoms with van der Waals surface area (Å²) < 4.78 is 25.1. The zero-order chi connectivity index (χ0) is 14.5. The Bertz CT molecular complexity index is 575. The van der Waals surface area contributed by atoms with Crippen LogP contribution < -0.4 is 5.73 Å². The van der Waals surface area contributed by atoms with Crippen molar-refractivity contribution in [3.05, 3.63) is 24.0 Å². The number of anilines is 1. The Hall–Kier alpha value is -2.06. The summed E-state index contributed by atoms with van der Waals surface area (Å²) in [6.07, 6.45) is -0.181. The number of nitrogen functional groups attached to an aromatic ring is 1. The molecule has 0 spiro atoms. The molecule has 0 bridgehead atoms. The lowest BCUT2D eigenvalue weighted by atomic mass is 10.2. The lowest BCUT2D eigenvalue weighted by Crippen LogP contribution is -2.25. The van der Waals surface area contributed by atoms with E-state index in [1.807, 2.05) is 0 Å². The number of nitrogens with two attached hydrogens (primary N) is 1. The molecule has 0 amide bonds. The highest BCUT2D eigenvalue weighted by atomic mass is 19.1. The number of nitrogens with zero attached hydrogens (tertiary/aromatic N) is 4. The molecular weight excluding hydrogens is 265 g/mol. The zero-order valence-corrected chi connectivity index (χ0v) is 11.3. The molecule has 0 radical (unpaired) electrons. The number of tetrazole rings is 1. The van der Waals surface area contributed by atoms with Gasteiger partial charge in [-0.25, -0.2) is 9.07 Å². The standard InChI is InChI=1S/C12H16FN5O2/c1-19-7-9(20-2)6-18-12(15-16-17-18)8-3-4-10(13)11(14)5-8/h3-5,9H,6-7,14H2,1-2H3. The fourth-order valence-electron chi connectivity index (χ4n) is 1.79. The summed E-state index contributed by atoms with van der Waals surface area (Å²) in [5, 5.41) is 11.5. The average molecular weight is 281 g/mol. The van der Waals surface area contributed by atoms with E-state index in [4.69, 9.17) is 15.2 Å². The molecule has 0 aliphatic heterocycles. The largest absolute Gasteiger partial charge is 0.396 e. The molecule has 0 aliphatic carbocycles. The Morgan fingerprint density at radius 1 is 1.40 bits per heavy atom. The molecule has 0 fully saturated rings. The Morgan fingerprint density at radius 3 is 2.85 bits per heavy atom. The molecule has 1 aromatic carbocycles. The van der Waals surface area contributed by atoms with Crippen molar-refractivity contribution in [1.29, 1.82) is 0 Å². The highest BCUT2D eigenvalue weighted by Crippen LogP contribution is 2.21. The van der Waals surface area contributed by atoms with E-state index in [0.717, 1.165) is 0 Å². The van der Waals surface area contributed by atoms with E-state index in [2.05, 4.69) is 15.5 Å². The van der Waals surface area contributed by atoms with Crippen LogP contribution in [0.4, 0.5) is 10.1 Å². The molecule has 7 nitrogen and oxygen atoms in total. The minimum atomic E-state index is -0.470. The van der Waals surface area contributed by atoms with E-state index in [1.54, 1.807) is 25.0 Å². The smallest absolute Gasteiger partial charge is 0.182 e. The first kappa shape index (κ1) is 14.4. The third-order valence-electron chi connectivity index (χ3n) is 2.85. The number of hydrogen-bond donors (Lipinski definition) is 1. The quantitative estimate of drug-likeness (QED) is 0.785. The number of ether oxygens (including phenoxy) is 2. The minimum absolute atomic E-state index is 0.0530. The van der Waals surface area contributed by atoms with Crippen LogP contribution in [0, 0.1) is 5.82 Å². The van der Waals surface area contributed by atoms with Crippen LogP contribution in [0.5, 0.6) is 0 Å². The normalized spacial score (nSPS) is 12.6.